The number of rotatable bonds is 8. The number of benzene rings is 2. The molecule has 0 spiro atoms. The predicted molar refractivity (Wildman–Crippen MR) is 129 cm³/mol. The lowest BCUT2D eigenvalue weighted by Gasteiger charge is -2.31. The van der Waals surface area contributed by atoms with Crippen molar-refractivity contribution in [3.05, 3.63) is 52.3 Å². The monoisotopic (exact) mass is 495 g/mol. The Kier molecular flexibility index (Phi) is 8.68. The van der Waals surface area contributed by atoms with Crippen molar-refractivity contribution in [1.29, 1.82) is 0 Å². The van der Waals surface area contributed by atoms with Gasteiger partial charge >= 0.3 is 6.03 Å². The molecule has 3 rings (SSSR count). The summed E-state index contributed by atoms with van der Waals surface area (Å²) in [5.41, 5.74) is 2.43. The van der Waals surface area contributed by atoms with E-state index in [4.69, 9.17) is 21.1 Å². The van der Waals surface area contributed by atoms with Gasteiger partial charge in [-0.05, 0) is 66.3 Å². The van der Waals surface area contributed by atoms with Crippen LogP contribution in [0.25, 0.3) is 0 Å². The Morgan fingerprint density at radius 3 is 2.52 bits per heavy atom. The fraction of sp³-hybridized carbons (Fsp3) is 0.391. The molecule has 0 radical (unpaired) electrons. The highest BCUT2D eigenvalue weighted by Crippen LogP contribution is 2.33. The number of hydrogen-bond donors (Lipinski definition) is 2. The Labute approximate surface area is 201 Å². The van der Waals surface area contributed by atoms with E-state index in [1.165, 1.54) is 18.2 Å². The van der Waals surface area contributed by atoms with Crippen molar-refractivity contribution < 1.29 is 23.5 Å². The lowest BCUT2D eigenvalue weighted by Crippen LogP contribution is -2.50. The maximum atomic E-state index is 13.4. The van der Waals surface area contributed by atoms with Crippen LogP contribution in [0.3, 0.4) is 0 Å². The van der Waals surface area contributed by atoms with Gasteiger partial charge in [0, 0.05) is 18.8 Å². The highest BCUT2D eigenvalue weighted by Gasteiger charge is 2.27. The number of ether oxygens (including phenoxy) is 2. The maximum absolute atomic E-state index is 13.4. The van der Waals surface area contributed by atoms with Gasteiger partial charge in [-0.1, -0.05) is 11.6 Å². The van der Waals surface area contributed by atoms with E-state index in [9.17, 15) is 14.0 Å². The molecule has 3 amide bonds. The molecule has 1 aliphatic rings. The number of carbonyl (C=O) groups is 2. The lowest BCUT2D eigenvalue weighted by molar-refractivity contribution is -0.118. The molecule has 1 unspecified atom stereocenters. The van der Waals surface area contributed by atoms with E-state index < -0.39 is 11.9 Å². The van der Waals surface area contributed by atoms with E-state index in [1.54, 1.807) is 30.9 Å². The SMILES string of the molecule is COc1cc2c(cc1OC)CN(C(=O)NC(CCSC)C(=O)Nc1ccc(F)c(Cl)c1)CC2. The average molecular weight is 496 g/mol. The van der Waals surface area contributed by atoms with Crippen LogP contribution in [-0.4, -0.2) is 55.7 Å². The van der Waals surface area contributed by atoms with Gasteiger partial charge in [-0.2, -0.15) is 11.8 Å². The minimum Gasteiger partial charge on any atom is -0.493 e. The van der Waals surface area contributed by atoms with Crippen LogP contribution < -0.4 is 20.1 Å². The summed E-state index contributed by atoms with van der Waals surface area (Å²) in [6.07, 6.45) is 3.04. The normalized spacial score (nSPS) is 13.7. The molecule has 33 heavy (non-hydrogen) atoms. The van der Waals surface area contributed by atoms with Gasteiger partial charge in [-0.15, -0.1) is 0 Å². The molecule has 2 aromatic rings. The lowest BCUT2D eigenvalue weighted by atomic mass is 9.99. The molecular weight excluding hydrogens is 469 g/mol. The van der Waals surface area contributed by atoms with Crippen LogP contribution in [0.1, 0.15) is 17.5 Å². The summed E-state index contributed by atoms with van der Waals surface area (Å²) < 4.78 is 24.2. The number of halogens is 2. The van der Waals surface area contributed by atoms with E-state index >= 15 is 0 Å². The van der Waals surface area contributed by atoms with Crippen LogP contribution in [0.15, 0.2) is 30.3 Å². The molecule has 0 fully saturated rings. The molecule has 178 valence electrons. The first-order valence-corrected chi connectivity index (χ1v) is 12.2. The van der Waals surface area contributed by atoms with Crippen LogP contribution in [0.4, 0.5) is 14.9 Å². The van der Waals surface area contributed by atoms with Crippen molar-refractivity contribution in [3.63, 3.8) is 0 Å². The first-order chi connectivity index (χ1) is 15.9. The molecule has 0 saturated carbocycles. The van der Waals surface area contributed by atoms with Crippen LogP contribution in [0.2, 0.25) is 5.02 Å². The molecule has 7 nitrogen and oxygen atoms in total. The number of hydrogen-bond acceptors (Lipinski definition) is 5. The smallest absolute Gasteiger partial charge is 0.318 e. The second kappa shape index (κ2) is 11.5. The van der Waals surface area contributed by atoms with E-state index in [2.05, 4.69) is 10.6 Å². The van der Waals surface area contributed by atoms with Crippen LogP contribution in [0.5, 0.6) is 11.5 Å². The number of urea groups is 1. The van der Waals surface area contributed by atoms with E-state index in [0.717, 1.165) is 11.1 Å². The van der Waals surface area contributed by atoms with E-state index in [0.29, 0.717) is 48.9 Å². The molecule has 0 saturated heterocycles. The van der Waals surface area contributed by atoms with Crippen molar-refractivity contribution >= 4 is 41.0 Å². The highest BCUT2D eigenvalue weighted by molar-refractivity contribution is 7.98. The zero-order chi connectivity index (χ0) is 24.0. The molecule has 2 aromatic carbocycles. The number of anilines is 1. The zero-order valence-electron chi connectivity index (χ0n) is 18.7. The average Bonchev–Trinajstić information content (AvgIpc) is 2.82. The Hall–Kier alpha value is -2.65. The number of fused-ring (bicyclic) bond motifs is 1. The molecule has 2 N–H and O–H groups in total. The molecule has 0 aromatic heterocycles. The van der Waals surface area contributed by atoms with Crippen LogP contribution in [-0.2, 0) is 17.8 Å². The van der Waals surface area contributed by atoms with Crippen molar-refractivity contribution in [2.45, 2.75) is 25.4 Å². The third-order valence-corrected chi connectivity index (χ3v) is 6.35. The Bertz CT molecular complexity index is 1020. The van der Waals surface area contributed by atoms with Crippen molar-refractivity contribution in [3.8, 4) is 11.5 Å². The summed E-state index contributed by atoms with van der Waals surface area (Å²) in [6, 6.07) is 6.69. The first kappa shape index (κ1) is 25.0. The first-order valence-electron chi connectivity index (χ1n) is 10.4. The second-order valence-corrected chi connectivity index (χ2v) is 8.94. The van der Waals surface area contributed by atoms with Crippen molar-refractivity contribution in [1.82, 2.24) is 10.2 Å². The van der Waals surface area contributed by atoms with Gasteiger partial charge in [-0.3, -0.25) is 4.79 Å². The quantitative estimate of drug-likeness (QED) is 0.570. The molecule has 10 heteroatoms. The topological polar surface area (TPSA) is 79.9 Å². The van der Waals surface area contributed by atoms with E-state index in [1.807, 2.05) is 18.4 Å². The fourth-order valence-corrected chi connectivity index (χ4v) is 4.26. The largest absolute Gasteiger partial charge is 0.493 e. The van der Waals surface area contributed by atoms with Crippen molar-refractivity contribution in [2.75, 3.05) is 38.1 Å². The summed E-state index contributed by atoms with van der Waals surface area (Å²) in [4.78, 5) is 27.5. The summed E-state index contributed by atoms with van der Waals surface area (Å²) in [5, 5.41) is 5.47. The number of carbonyl (C=O) groups excluding carboxylic acids is 2. The van der Waals surface area contributed by atoms with Gasteiger partial charge in [0.2, 0.25) is 5.91 Å². The second-order valence-electron chi connectivity index (χ2n) is 7.55. The van der Waals surface area contributed by atoms with Gasteiger partial charge in [0.1, 0.15) is 11.9 Å². The Morgan fingerprint density at radius 2 is 1.88 bits per heavy atom. The molecule has 1 aliphatic heterocycles. The van der Waals surface area contributed by atoms with Gasteiger partial charge < -0.3 is 25.0 Å². The maximum Gasteiger partial charge on any atom is 0.318 e. The van der Waals surface area contributed by atoms with Gasteiger partial charge in [0.05, 0.1) is 19.2 Å². The molecule has 1 heterocycles. The highest BCUT2D eigenvalue weighted by atomic mass is 35.5. The molecule has 0 bridgehead atoms. The summed E-state index contributed by atoms with van der Waals surface area (Å²) in [7, 11) is 3.16. The third kappa shape index (κ3) is 6.23. The van der Waals surface area contributed by atoms with E-state index in [-0.39, 0.29) is 17.0 Å². The molecule has 1 atom stereocenters. The van der Waals surface area contributed by atoms with Gasteiger partial charge in [0.15, 0.2) is 11.5 Å². The van der Waals surface area contributed by atoms with Crippen LogP contribution in [0, 0.1) is 5.82 Å². The summed E-state index contributed by atoms with van der Waals surface area (Å²) in [6.45, 7) is 0.907. The summed E-state index contributed by atoms with van der Waals surface area (Å²) in [5.74, 6) is 0.991. The third-order valence-electron chi connectivity index (χ3n) is 5.42. The fourth-order valence-electron chi connectivity index (χ4n) is 3.60. The minimum atomic E-state index is -0.749. The number of nitrogens with one attached hydrogen (secondary N) is 2. The number of amides is 3. The number of methoxy groups -OCH3 is 2. The van der Waals surface area contributed by atoms with Crippen molar-refractivity contribution in [2.24, 2.45) is 0 Å². The zero-order valence-corrected chi connectivity index (χ0v) is 20.3. The number of nitrogens with zero attached hydrogens (tertiary/aromatic N) is 1. The van der Waals surface area contributed by atoms with Gasteiger partial charge in [-0.25, -0.2) is 9.18 Å². The minimum absolute atomic E-state index is 0.0865. The molecule has 0 aliphatic carbocycles. The molecular formula is C23H27ClFN3O4S. The summed E-state index contributed by atoms with van der Waals surface area (Å²) >= 11 is 7.38. The Balaban J connectivity index is 1.69. The van der Waals surface area contributed by atoms with Crippen LogP contribution >= 0.6 is 23.4 Å². The standard InChI is InChI=1S/C23H27ClFN3O4S/c1-31-20-10-14-6-8-28(13-15(14)11-21(20)32-2)23(30)27-19(7-9-33-3)22(29)26-16-4-5-18(25)17(24)12-16/h4-5,10-12,19H,6-9,13H2,1-3H3,(H,26,29)(H,27,30). The van der Waals surface area contributed by atoms with Gasteiger partial charge in [0.25, 0.3) is 0 Å². The number of thioether (sulfide) groups is 1. The predicted octanol–water partition coefficient (Wildman–Crippen LogP) is 4.32. The Morgan fingerprint density at radius 1 is 1.18 bits per heavy atom.